The van der Waals surface area contributed by atoms with Crippen molar-refractivity contribution in [3.8, 4) is 5.75 Å². The first-order valence-corrected chi connectivity index (χ1v) is 11.5. The van der Waals surface area contributed by atoms with Crippen molar-refractivity contribution < 1.29 is 4.74 Å². The van der Waals surface area contributed by atoms with Crippen molar-refractivity contribution in [1.82, 2.24) is 14.9 Å². The standard InChI is InChI=1S/C25H21ClN4OS/c1-16-8-11-18(12-9-16)23-24(19-6-4-3-5-7-19)32-25-28-27-22(30(25)29-23)15-31-21-14-17(2)10-13-20(21)26/h3-14,24H,15H2,1-2H3/t24-/m0/s1. The molecule has 0 unspecified atom stereocenters. The Hall–Kier alpha value is -3.09. The van der Waals surface area contributed by atoms with Gasteiger partial charge in [-0.05, 0) is 42.7 Å². The van der Waals surface area contributed by atoms with Crippen molar-refractivity contribution >= 4 is 29.1 Å². The summed E-state index contributed by atoms with van der Waals surface area (Å²) < 4.78 is 7.74. The molecule has 4 aromatic rings. The molecule has 0 radical (unpaired) electrons. The van der Waals surface area contributed by atoms with E-state index in [9.17, 15) is 0 Å². The minimum absolute atomic E-state index is 0.0237. The fraction of sp³-hybridized carbons (Fsp3) is 0.160. The number of rotatable bonds is 5. The average molecular weight is 461 g/mol. The summed E-state index contributed by atoms with van der Waals surface area (Å²) in [5.41, 5.74) is 5.50. The van der Waals surface area contributed by atoms with Gasteiger partial charge in [0.05, 0.1) is 16.0 Å². The number of aromatic nitrogens is 3. The normalized spacial score (nSPS) is 15.2. The fourth-order valence-electron chi connectivity index (χ4n) is 3.53. The molecular weight excluding hydrogens is 440 g/mol. The topological polar surface area (TPSA) is 52.3 Å². The molecule has 32 heavy (non-hydrogen) atoms. The zero-order valence-corrected chi connectivity index (χ0v) is 19.3. The molecule has 1 aliphatic rings. The number of halogens is 1. The van der Waals surface area contributed by atoms with Crippen LogP contribution in [0, 0.1) is 13.8 Å². The first-order valence-electron chi connectivity index (χ1n) is 10.3. The fourth-order valence-corrected chi connectivity index (χ4v) is 4.84. The Morgan fingerprint density at radius 2 is 1.69 bits per heavy atom. The zero-order valence-electron chi connectivity index (χ0n) is 17.7. The van der Waals surface area contributed by atoms with E-state index in [4.69, 9.17) is 21.4 Å². The summed E-state index contributed by atoms with van der Waals surface area (Å²) >= 11 is 7.93. The molecule has 0 spiro atoms. The minimum atomic E-state index is 0.0237. The van der Waals surface area contributed by atoms with Gasteiger partial charge in [-0.1, -0.05) is 89.6 Å². The van der Waals surface area contributed by atoms with E-state index in [1.165, 1.54) is 11.1 Å². The quantitative estimate of drug-likeness (QED) is 0.354. The number of aryl methyl sites for hydroxylation is 2. The summed E-state index contributed by atoms with van der Waals surface area (Å²) in [5, 5.41) is 15.1. The van der Waals surface area contributed by atoms with Crippen LogP contribution in [0.1, 0.15) is 33.3 Å². The Kier molecular flexibility index (Phi) is 5.72. The average Bonchev–Trinajstić information content (AvgIpc) is 3.22. The van der Waals surface area contributed by atoms with Gasteiger partial charge in [-0.2, -0.15) is 9.78 Å². The highest BCUT2D eigenvalue weighted by Crippen LogP contribution is 2.41. The lowest BCUT2D eigenvalue weighted by molar-refractivity contribution is 0.290. The van der Waals surface area contributed by atoms with Crippen molar-refractivity contribution in [1.29, 1.82) is 0 Å². The number of fused-ring (bicyclic) bond motifs is 1. The van der Waals surface area contributed by atoms with E-state index in [0.717, 1.165) is 22.0 Å². The Morgan fingerprint density at radius 3 is 2.47 bits per heavy atom. The van der Waals surface area contributed by atoms with Gasteiger partial charge in [-0.3, -0.25) is 0 Å². The third kappa shape index (κ3) is 4.16. The van der Waals surface area contributed by atoms with Crippen LogP contribution in [0.4, 0.5) is 0 Å². The summed E-state index contributed by atoms with van der Waals surface area (Å²) in [7, 11) is 0. The van der Waals surface area contributed by atoms with Crippen LogP contribution in [0.5, 0.6) is 5.75 Å². The van der Waals surface area contributed by atoms with Gasteiger partial charge in [0.25, 0.3) is 0 Å². The highest BCUT2D eigenvalue weighted by Gasteiger charge is 2.30. The van der Waals surface area contributed by atoms with Gasteiger partial charge in [0.2, 0.25) is 5.16 Å². The van der Waals surface area contributed by atoms with E-state index in [1.54, 1.807) is 16.4 Å². The van der Waals surface area contributed by atoms with Crippen molar-refractivity contribution in [2.45, 2.75) is 30.9 Å². The lowest BCUT2D eigenvalue weighted by atomic mass is 10.0. The van der Waals surface area contributed by atoms with Crippen molar-refractivity contribution in [2.75, 3.05) is 0 Å². The number of ether oxygens (including phenoxy) is 1. The van der Waals surface area contributed by atoms with Crippen molar-refractivity contribution in [2.24, 2.45) is 5.10 Å². The molecule has 5 rings (SSSR count). The van der Waals surface area contributed by atoms with Crippen LogP contribution in [0.2, 0.25) is 5.02 Å². The minimum Gasteiger partial charge on any atom is -0.484 e. The van der Waals surface area contributed by atoms with Crippen LogP contribution < -0.4 is 4.74 Å². The molecule has 0 fully saturated rings. The Morgan fingerprint density at radius 1 is 0.938 bits per heavy atom. The molecule has 0 N–H and O–H groups in total. The van der Waals surface area contributed by atoms with Gasteiger partial charge in [-0.25, -0.2) is 0 Å². The lowest BCUT2D eigenvalue weighted by Gasteiger charge is -2.23. The maximum Gasteiger partial charge on any atom is 0.213 e. The third-order valence-corrected chi connectivity index (χ3v) is 6.76. The predicted octanol–water partition coefficient (Wildman–Crippen LogP) is 6.23. The van der Waals surface area contributed by atoms with E-state index >= 15 is 0 Å². The lowest BCUT2D eigenvalue weighted by Crippen LogP contribution is -2.19. The maximum absolute atomic E-state index is 6.28. The largest absolute Gasteiger partial charge is 0.484 e. The molecule has 1 atom stereocenters. The molecule has 160 valence electrons. The monoisotopic (exact) mass is 460 g/mol. The van der Waals surface area contributed by atoms with Crippen LogP contribution in [-0.4, -0.2) is 20.6 Å². The molecule has 2 heterocycles. The Labute approximate surface area is 196 Å². The van der Waals surface area contributed by atoms with Gasteiger partial charge in [-0.15, -0.1) is 10.2 Å². The summed E-state index contributed by atoms with van der Waals surface area (Å²) in [5.74, 6) is 1.25. The van der Waals surface area contributed by atoms with Gasteiger partial charge < -0.3 is 4.74 Å². The molecule has 1 aromatic heterocycles. The van der Waals surface area contributed by atoms with E-state index < -0.39 is 0 Å². The summed E-state index contributed by atoms with van der Waals surface area (Å²) in [6.45, 7) is 4.30. The van der Waals surface area contributed by atoms with Crippen LogP contribution in [0.25, 0.3) is 0 Å². The molecule has 0 saturated heterocycles. The second-order valence-corrected chi connectivity index (χ2v) is 9.17. The number of hydrogen-bond donors (Lipinski definition) is 0. The Balaban J connectivity index is 1.51. The smallest absolute Gasteiger partial charge is 0.213 e. The number of nitrogens with zero attached hydrogens (tertiary/aromatic N) is 4. The molecule has 7 heteroatoms. The summed E-state index contributed by atoms with van der Waals surface area (Å²) in [6.07, 6.45) is 0. The second kappa shape index (κ2) is 8.81. The highest BCUT2D eigenvalue weighted by molar-refractivity contribution is 8.00. The summed E-state index contributed by atoms with van der Waals surface area (Å²) in [4.78, 5) is 0. The number of benzene rings is 3. The number of hydrogen-bond acceptors (Lipinski definition) is 5. The molecule has 1 aliphatic heterocycles. The second-order valence-electron chi connectivity index (χ2n) is 7.69. The summed E-state index contributed by atoms with van der Waals surface area (Å²) in [6, 6.07) is 24.5. The molecule has 0 saturated carbocycles. The first-order chi connectivity index (χ1) is 15.6. The maximum atomic E-state index is 6.28. The third-order valence-electron chi connectivity index (χ3n) is 5.25. The van der Waals surface area contributed by atoms with Crippen LogP contribution in [0.15, 0.2) is 83.1 Å². The van der Waals surface area contributed by atoms with Crippen LogP contribution in [-0.2, 0) is 6.61 Å². The molecular formula is C25H21ClN4OS. The molecule has 0 bridgehead atoms. The molecule has 3 aromatic carbocycles. The molecule has 0 amide bonds. The van der Waals surface area contributed by atoms with Crippen LogP contribution in [0.3, 0.4) is 0 Å². The van der Waals surface area contributed by atoms with E-state index in [0.29, 0.717) is 16.6 Å². The highest BCUT2D eigenvalue weighted by atomic mass is 35.5. The van der Waals surface area contributed by atoms with Crippen molar-refractivity contribution in [3.63, 3.8) is 0 Å². The molecule has 5 nitrogen and oxygen atoms in total. The SMILES string of the molecule is Cc1ccc(C2=Nn3c(COc4cc(C)ccc4Cl)nnc3S[C@H]2c2ccccc2)cc1. The zero-order chi connectivity index (χ0) is 22.1. The van der Waals surface area contributed by atoms with Gasteiger partial charge >= 0.3 is 0 Å². The van der Waals surface area contributed by atoms with Gasteiger partial charge in [0, 0.05) is 0 Å². The number of thioether (sulfide) groups is 1. The molecule has 0 aliphatic carbocycles. The first kappa shape index (κ1) is 20.8. The van der Waals surface area contributed by atoms with Crippen LogP contribution >= 0.6 is 23.4 Å². The Bertz CT molecular complexity index is 1290. The van der Waals surface area contributed by atoms with Crippen molar-refractivity contribution in [3.05, 3.63) is 106 Å². The van der Waals surface area contributed by atoms with Gasteiger partial charge in [0.1, 0.15) is 12.4 Å². The van der Waals surface area contributed by atoms with E-state index in [-0.39, 0.29) is 11.9 Å². The van der Waals surface area contributed by atoms with E-state index in [2.05, 4.69) is 53.5 Å². The van der Waals surface area contributed by atoms with E-state index in [1.807, 2.05) is 43.3 Å². The van der Waals surface area contributed by atoms with Gasteiger partial charge in [0.15, 0.2) is 5.82 Å². The predicted molar refractivity (Wildman–Crippen MR) is 129 cm³/mol.